The summed E-state index contributed by atoms with van der Waals surface area (Å²) in [6.07, 6.45) is 2.48. The van der Waals surface area contributed by atoms with Crippen molar-refractivity contribution in [3.8, 4) is 11.3 Å². The molecule has 0 aliphatic rings. The van der Waals surface area contributed by atoms with E-state index in [0.717, 1.165) is 34.5 Å². The van der Waals surface area contributed by atoms with E-state index in [1.165, 1.54) is 18.2 Å². The number of hydrogen-bond donors (Lipinski definition) is 1. The zero-order chi connectivity index (χ0) is 26.5. The summed E-state index contributed by atoms with van der Waals surface area (Å²) in [6, 6.07) is 13.2. The number of hydrogen-bond acceptors (Lipinski definition) is 5. The van der Waals surface area contributed by atoms with Crippen molar-refractivity contribution in [1.29, 1.82) is 0 Å². The molecule has 0 aliphatic heterocycles. The lowest BCUT2D eigenvalue weighted by molar-refractivity contribution is -0.0429. The Hall–Kier alpha value is -3.38. The van der Waals surface area contributed by atoms with Crippen molar-refractivity contribution in [3.63, 3.8) is 0 Å². The minimum atomic E-state index is -5.61. The van der Waals surface area contributed by atoms with Crippen LogP contribution in [0.4, 0.5) is 18.9 Å². The quantitative estimate of drug-likeness (QED) is 0.234. The lowest BCUT2D eigenvalue weighted by atomic mass is 10.1. The van der Waals surface area contributed by atoms with Gasteiger partial charge < -0.3 is 8.98 Å². The van der Waals surface area contributed by atoms with Crippen LogP contribution in [-0.2, 0) is 23.0 Å². The Balaban J connectivity index is 1.56. The number of anilines is 1. The van der Waals surface area contributed by atoms with Crippen LogP contribution in [0, 0.1) is 6.92 Å². The number of para-hydroxylation sites is 1. The van der Waals surface area contributed by atoms with Crippen molar-refractivity contribution in [2.45, 2.75) is 32.3 Å². The molecule has 0 saturated heterocycles. The van der Waals surface area contributed by atoms with E-state index < -0.39 is 15.5 Å². The van der Waals surface area contributed by atoms with Gasteiger partial charge in [0.1, 0.15) is 16.9 Å². The molecule has 0 spiro atoms. The van der Waals surface area contributed by atoms with E-state index in [-0.39, 0.29) is 17.0 Å². The molecule has 2 aromatic carbocycles. The van der Waals surface area contributed by atoms with Crippen LogP contribution in [0.25, 0.3) is 33.5 Å². The summed E-state index contributed by atoms with van der Waals surface area (Å²) < 4.78 is 72.5. The number of benzene rings is 2. The van der Waals surface area contributed by atoms with Crippen molar-refractivity contribution < 1.29 is 26.0 Å². The fourth-order valence-corrected chi connectivity index (χ4v) is 5.35. The summed E-state index contributed by atoms with van der Waals surface area (Å²) in [7, 11) is -5.61. The fourth-order valence-electron chi connectivity index (χ4n) is 4.16. The summed E-state index contributed by atoms with van der Waals surface area (Å²) in [5.41, 5.74) is -1.45. The highest BCUT2D eigenvalue weighted by atomic mass is 79.9. The molecule has 0 amide bonds. The van der Waals surface area contributed by atoms with E-state index in [0.29, 0.717) is 22.0 Å². The summed E-state index contributed by atoms with van der Waals surface area (Å²) >= 11 is 3.51. The molecular weight excluding hydrogens is 573 g/mol. The molecule has 192 valence electrons. The minimum absolute atomic E-state index is 0.161. The number of imidazole rings is 1. The lowest BCUT2D eigenvalue weighted by Gasteiger charge is -2.13. The maximum Gasteiger partial charge on any atom is 0.516 e. The molecule has 0 saturated carbocycles. The maximum atomic E-state index is 13.0. The van der Waals surface area contributed by atoms with Crippen LogP contribution >= 0.6 is 15.9 Å². The molecule has 0 fully saturated rings. The molecule has 0 unspecified atom stereocenters. The number of rotatable bonds is 6. The Morgan fingerprint density at radius 2 is 1.89 bits per heavy atom. The second-order valence-corrected chi connectivity index (χ2v) is 10.9. The highest BCUT2D eigenvalue weighted by Gasteiger charge is 2.46. The second kappa shape index (κ2) is 9.18. The first-order valence-electron chi connectivity index (χ1n) is 11.2. The Labute approximate surface area is 218 Å². The van der Waals surface area contributed by atoms with Gasteiger partial charge in [-0.25, -0.2) is 9.97 Å². The second-order valence-electron chi connectivity index (χ2n) is 8.44. The summed E-state index contributed by atoms with van der Waals surface area (Å²) in [4.78, 5) is 9.27. The van der Waals surface area contributed by atoms with Crippen molar-refractivity contribution >= 4 is 53.8 Å². The van der Waals surface area contributed by atoms with E-state index in [4.69, 9.17) is 9.40 Å². The smallest absolute Gasteiger partial charge is 0.455 e. The number of pyridine rings is 1. The first kappa shape index (κ1) is 25.3. The summed E-state index contributed by atoms with van der Waals surface area (Å²) in [5.74, 6) is 1.10. The van der Waals surface area contributed by atoms with Crippen molar-refractivity contribution in [1.82, 2.24) is 14.5 Å². The Bertz CT molecular complexity index is 1760. The maximum absolute atomic E-state index is 13.0. The third-order valence-electron chi connectivity index (χ3n) is 5.98. The van der Waals surface area contributed by atoms with Crippen LogP contribution in [0.1, 0.15) is 23.9 Å². The van der Waals surface area contributed by atoms with Crippen LogP contribution in [0.15, 0.2) is 63.6 Å². The average molecular weight is 593 g/mol. The molecule has 5 rings (SSSR count). The zero-order valence-electron chi connectivity index (χ0n) is 19.6. The van der Waals surface area contributed by atoms with E-state index in [2.05, 4.69) is 25.5 Å². The van der Waals surface area contributed by atoms with Crippen LogP contribution in [-0.4, -0.2) is 28.5 Å². The third kappa shape index (κ3) is 4.48. The van der Waals surface area contributed by atoms with Gasteiger partial charge in [0.25, 0.3) is 0 Å². The number of alkyl halides is 3. The Morgan fingerprint density at radius 3 is 2.62 bits per heavy atom. The van der Waals surface area contributed by atoms with Crippen molar-refractivity contribution in [2.24, 2.45) is 0 Å². The summed E-state index contributed by atoms with van der Waals surface area (Å²) in [5, 5.41) is 0.688. The molecule has 3 aromatic heterocycles. The number of aromatic nitrogens is 3. The van der Waals surface area contributed by atoms with Crippen molar-refractivity contribution in [2.75, 3.05) is 4.72 Å². The number of fused-ring (bicyclic) bond motifs is 2. The van der Waals surface area contributed by atoms with Gasteiger partial charge in [0.2, 0.25) is 0 Å². The average Bonchev–Trinajstić information content (AvgIpc) is 3.37. The molecule has 3 heterocycles. The molecule has 1 N–H and O–H groups in total. The van der Waals surface area contributed by atoms with Gasteiger partial charge in [0.15, 0.2) is 11.4 Å². The molecule has 37 heavy (non-hydrogen) atoms. The van der Waals surface area contributed by atoms with Crippen molar-refractivity contribution in [3.05, 3.63) is 76.2 Å². The predicted molar refractivity (Wildman–Crippen MR) is 139 cm³/mol. The van der Waals surface area contributed by atoms with Crippen LogP contribution in [0.3, 0.4) is 0 Å². The molecule has 12 heteroatoms. The third-order valence-corrected chi connectivity index (χ3v) is 7.87. The van der Waals surface area contributed by atoms with E-state index in [1.807, 2.05) is 32.0 Å². The van der Waals surface area contributed by atoms with Gasteiger partial charge in [0.05, 0.1) is 16.7 Å². The molecule has 0 bridgehead atoms. The van der Waals surface area contributed by atoms with Gasteiger partial charge in [-0.3, -0.25) is 4.72 Å². The molecule has 5 aromatic rings. The van der Waals surface area contributed by atoms with E-state index in [9.17, 15) is 21.6 Å². The standard InChI is InChI=1S/C25H20BrF3N4O3S/c1-3-20-31-22-14(2)10-11-30-24(22)33(20)13-15-8-9-19-17(12-15)21(26)23(36-19)16-6-4-5-7-18(16)32-37(34,35)25(27,28)29/h4-12,32H,3,13H2,1-2H3. The molecule has 7 nitrogen and oxygen atoms in total. The highest BCUT2D eigenvalue weighted by molar-refractivity contribution is 9.10. The van der Waals surface area contributed by atoms with Crippen LogP contribution in [0.2, 0.25) is 0 Å². The first-order valence-corrected chi connectivity index (χ1v) is 13.5. The van der Waals surface area contributed by atoms with Gasteiger partial charge in [-0.1, -0.05) is 25.1 Å². The monoisotopic (exact) mass is 592 g/mol. The zero-order valence-corrected chi connectivity index (χ0v) is 22.0. The predicted octanol–water partition coefficient (Wildman–Crippen LogP) is 6.79. The van der Waals surface area contributed by atoms with Gasteiger partial charge in [0, 0.05) is 23.6 Å². The molecule has 0 radical (unpaired) electrons. The molecule has 0 atom stereocenters. The van der Waals surface area contributed by atoms with Crippen LogP contribution < -0.4 is 4.72 Å². The minimum Gasteiger partial charge on any atom is -0.455 e. The van der Waals surface area contributed by atoms with Gasteiger partial charge in [-0.2, -0.15) is 21.6 Å². The number of nitrogens with zero attached hydrogens (tertiary/aromatic N) is 3. The summed E-state index contributed by atoms with van der Waals surface area (Å²) in [6.45, 7) is 4.52. The topological polar surface area (TPSA) is 90.0 Å². The highest BCUT2D eigenvalue weighted by Crippen LogP contribution is 2.42. The van der Waals surface area contributed by atoms with Gasteiger partial charge in [-0.05, 0) is 64.3 Å². The SMILES string of the molecule is CCc1nc2c(C)ccnc2n1Cc1ccc2oc(-c3ccccc3NS(=O)(=O)C(F)(F)F)c(Br)c2c1. The molecular formula is C25H20BrF3N4O3S. The Morgan fingerprint density at radius 1 is 1.14 bits per heavy atom. The number of furan rings is 1. The number of sulfonamides is 1. The number of aryl methyl sites for hydroxylation is 2. The number of nitrogens with one attached hydrogen (secondary N) is 1. The molecule has 0 aliphatic carbocycles. The lowest BCUT2D eigenvalue weighted by Crippen LogP contribution is -2.30. The fraction of sp³-hybridized carbons (Fsp3) is 0.200. The largest absolute Gasteiger partial charge is 0.516 e. The van der Waals surface area contributed by atoms with Gasteiger partial charge in [-0.15, -0.1) is 0 Å². The number of halogens is 4. The normalized spacial score (nSPS) is 12.5. The van der Waals surface area contributed by atoms with E-state index in [1.54, 1.807) is 23.1 Å². The van der Waals surface area contributed by atoms with Gasteiger partial charge >= 0.3 is 15.5 Å². The first-order chi connectivity index (χ1) is 17.5. The Kier molecular flexibility index (Phi) is 6.27. The van der Waals surface area contributed by atoms with Crippen LogP contribution in [0.5, 0.6) is 0 Å². The van der Waals surface area contributed by atoms with E-state index >= 15 is 0 Å².